The van der Waals surface area contributed by atoms with Crippen molar-refractivity contribution < 1.29 is 32.2 Å². The molecule has 0 radical (unpaired) electrons. The highest BCUT2D eigenvalue weighted by atomic mass is 79.9. The summed E-state index contributed by atoms with van der Waals surface area (Å²) in [6.07, 6.45) is -5.47. The number of nitrogens with zero attached hydrogens (tertiary/aromatic N) is 2. The van der Waals surface area contributed by atoms with E-state index in [1.807, 2.05) is 18.2 Å². The van der Waals surface area contributed by atoms with Gasteiger partial charge in [0.25, 0.3) is 0 Å². The summed E-state index contributed by atoms with van der Waals surface area (Å²) in [6.45, 7) is 7.58. The van der Waals surface area contributed by atoms with Gasteiger partial charge in [0.1, 0.15) is 17.2 Å². The van der Waals surface area contributed by atoms with Crippen molar-refractivity contribution >= 4 is 28.0 Å². The second-order valence-electron chi connectivity index (χ2n) is 9.46. The van der Waals surface area contributed by atoms with Crippen molar-refractivity contribution in [3.63, 3.8) is 0 Å². The molecule has 1 fully saturated rings. The molecule has 1 saturated heterocycles. The topological polar surface area (TPSA) is 59.1 Å². The van der Waals surface area contributed by atoms with E-state index in [4.69, 9.17) is 9.47 Å². The minimum atomic E-state index is -4.71. The van der Waals surface area contributed by atoms with Crippen LogP contribution in [-0.2, 0) is 20.7 Å². The lowest BCUT2D eigenvalue weighted by Crippen LogP contribution is -2.79. The number of esters is 1. The van der Waals surface area contributed by atoms with Crippen LogP contribution < -0.4 is 0 Å². The molecule has 0 spiro atoms. The molecule has 3 atom stereocenters. The van der Waals surface area contributed by atoms with E-state index in [-0.39, 0.29) is 11.9 Å². The minimum absolute atomic E-state index is 0.140. The van der Waals surface area contributed by atoms with E-state index >= 15 is 0 Å². The number of alkyl halides is 4. The molecule has 1 aliphatic rings. The van der Waals surface area contributed by atoms with E-state index in [1.54, 1.807) is 46.8 Å². The second-order valence-corrected chi connectivity index (χ2v) is 9.96. The molecule has 33 heavy (non-hydrogen) atoms. The maximum absolute atomic E-state index is 14.3. The standard InChI is InChI=1S/C23H32BrF3N2O4/c1-15(2)22(19(30)32-6)17(12-16-10-8-7-9-11-16)28(20(31)33-21(3,4)5)13-18(23(25,26)27)29(22)14-24/h7-11,15,17-18H,12-14H2,1-6H3. The maximum atomic E-state index is 14.3. The van der Waals surface area contributed by atoms with Crippen molar-refractivity contribution in [1.29, 1.82) is 0 Å². The van der Waals surface area contributed by atoms with E-state index < -0.39 is 53.9 Å². The van der Waals surface area contributed by atoms with Gasteiger partial charge in [0.15, 0.2) is 0 Å². The molecule has 186 valence electrons. The average Bonchev–Trinajstić information content (AvgIpc) is 2.70. The molecule has 0 saturated carbocycles. The monoisotopic (exact) mass is 536 g/mol. The maximum Gasteiger partial charge on any atom is 0.410 e. The Kier molecular flexibility index (Phi) is 8.49. The zero-order valence-electron chi connectivity index (χ0n) is 19.8. The van der Waals surface area contributed by atoms with Crippen LogP contribution in [-0.4, -0.2) is 70.4 Å². The van der Waals surface area contributed by atoms with Crippen LogP contribution in [0, 0.1) is 5.92 Å². The van der Waals surface area contributed by atoms with Gasteiger partial charge in [-0.2, -0.15) is 13.2 Å². The number of piperazine rings is 1. The van der Waals surface area contributed by atoms with Crippen LogP contribution >= 0.6 is 15.9 Å². The number of ether oxygens (including phenoxy) is 2. The molecule has 6 nitrogen and oxygen atoms in total. The third-order valence-electron chi connectivity index (χ3n) is 5.90. The fraction of sp³-hybridized carbons (Fsp3) is 0.652. The summed E-state index contributed by atoms with van der Waals surface area (Å²) < 4.78 is 53.5. The van der Waals surface area contributed by atoms with E-state index in [2.05, 4.69) is 15.9 Å². The van der Waals surface area contributed by atoms with Crippen molar-refractivity contribution in [2.75, 3.05) is 19.1 Å². The number of carbonyl (C=O) groups excluding carboxylic acids is 2. The van der Waals surface area contributed by atoms with Crippen molar-refractivity contribution in [3.05, 3.63) is 35.9 Å². The Bertz CT molecular complexity index is 829. The highest BCUT2D eigenvalue weighted by Crippen LogP contribution is 2.45. The number of benzene rings is 1. The van der Waals surface area contributed by atoms with Gasteiger partial charge in [0.05, 0.1) is 18.6 Å². The van der Waals surface area contributed by atoms with Gasteiger partial charge >= 0.3 is 18.2 Å². The summed E-state index contributed by atoms with van der Waals surface area (Å²) in [5.74, 6) is -1.47. The van der Waals surface area contributed by atoms with Gasteiger partial charge in [-0.3, -0.25) is 4.90 Å². The Morgan fingerprint density at radius 3 is 2.18 bits per heavy atom. The van der Waals surface area contributed by atoms with Gasteiger partial charge in [-0.1, -0.05) is 60.1 Å². The molecule has 1 amide bonds. The van der Waals surface area contributed by atoms with E-state index in [0.29, 0.717) is 0 Å². The number of methoxy groups -OCH3 is 1. The molecule has 0 aliphatic carbocycles. The summed E-state index contributed by atoms with van der Waals surface area (Å²) in [7, 11) is 1.15. The largest absolute Gasteiger partial charge is 0.468 e. The van der Waals surface area contributed by atoms with Crippen molar-refractivity contribution in [3.8, 4) is 0 Å². The van der Waals surface area contributed by atoms with E-state index in [0.717, 1.165) is 22.5 Å². The summed E-state index contributed by atoms with van der Waals surface area (Å²) in [4.78, 5) is 28.8. The summed E-state index contributed by atoms with van der Waals surface area (Å²) in [5.41, 5.74) is -2.19. The Morgan fingerprint density at radius 1 is 1.18 bits per heavy atom. The van der Waals surface area contributed by atoms with Gasteiger partial charge in [0, 0.05) is 6.54 Å². The molecular formula is C23H32BrF3N2O4. The molecule has 1 aromatic carbocycles. The lowest BCUT2D eigenvalue weighted by atomic mass is 9.72. The molecule has 1 aromatic rings. The van der Waals surface area contributed by atoms with E-state index in [9.17, 15) is 22.8 Å². The lowest BCUT2D eigenvalue weighted by Gasteiger charge is -2.58. The Labute approximate surface area is 201 Å². The quantitative estimate of drug-likeness (QED) is 0.301. The Morgan fingerprint density at radius 2 is 1.76 bits per heavy atom. The van der Waals surface area contributed by atoms with Crippen molar-refractivity contribution in [2.45, 2.75) is 70.4 Å². The summed E-state index contributed by atoms with van der Waals surface area (Å²) >= 11 is 3.19. The van der Waals surface area contributed by atoms with E-state index in [1.165, 1.54) is 0 Å². The smallest absolute Gasteiger partial charge is 0.410 e. The number of hydrogen-bond acceptors (Lipinski definition) is 5. The molecule has 1 aliphatic heterocycles. The average molecular weight is 537 g/mol. The van der Waals surface area contributed by atoms with Gasteiger partial charge in [-0.15, -0.1) is 0 Å². The highest BCUT2D eigenvalue weighted by molar-refractivity contribution is 9.09. The number of amides is 1. The van der Waals surface area contributed by atoms with Crippen LogP contribution in [0.3, 0.4) is 0 Å². The van der Waals surface area contributed by atoms with Gasteiger partial charge < -0.3 is 14.4 Å². The SMILES string of the molecule is COC(=O)C1(C(C)C)C(Cc2ccccc2)N(C(=O)OC(C)(C)C)CC(C(F)(F)F)N1CBr. The molecule has 2 rings (SSSR count). The zero-order chi connectivity index (χ0) is 25.2. The number of carbonyl (C=O) groups is 2. The summed E-state index contributed by atoms with van der Waals surface area (Å²) in [6, 6.07) is 5.96. The zero-order valence-corrected chi connectivity index (χ0v) is 21.4. The third kappa shape index (κ3) is 5.65. The molecule has 0 N–H and O–H groups in total. The Hall–Kier alpha value is -1.81. The number of halogens is 4. The molecular weight excluding hydrogens is 505 g/mol. The minimum Gasteiger partial charge on any atom is -0.468 e. The fourth-order valence-corrected chi connectivity index (χ4v) is 5.32. The van der Waals surface area contributed by atoms with Gasteiger partial charge in [-0.05, 0) is 38.7 Å². The predicted molar refractivity (Wildman–Crippen MR) is 122 cm³/mol. The molecule has 1 heterocycles. The number of rotatable bonds is 5. The van der Waals surface area contributed by atoms with Gasteiger partial charge in [0.2, 0.25) is 0 Å². The van der Waals surface area contributed by atoms with Crippen LogP contribution in [0.2, 0.25) is 0 Å². The first-order chi connectivity index (χ1) is 15.2. The fourth-order valence-electron chi connectivity index (χ4n) is 4.56. The predicted octanol–water partition coefficient (Wildman–Crippen LogP) is 5.00. The number of hydrogen-bond donors (Lipinski definition) is 0. The first-order valence-corrected chi connectivity index (χ1v) is 11.8. The van der Waals surface area contributed by atoms with Crippen LogP contribution in [0.15, 0.2) is 30.3 Å². The highest BCUT2D eigenvalue weighted by Gasteiger charge is 2.65. The second kappa shape index (κ2) is 10.2. The Balaban J connectivity index is 2.79. The van der Waals surface area contributed by atoms with Crippen LogP contribution in [0.4, 0.5) is 18.0 Å². The molecule has 0 bridgehead atoms. The molecule has 0 aromatic heterocycles. The van der Waals surface area contributed by atoms with Crippen LogP contribution in [0.5, 0.6) is 0 Å². The van der Waals surface area contributed by atoms with Crippen molar-refractivity contribution in [1.82, 2.24) is 9.80 Å². The van der Waals surface area contributed by atoms with Crippen LogP contribution in [0.1, 0.15) is 40.2 Å². The van der Waals surface area contributed by atoms with Crippen molar-refractivity contribution in [2.24, 2.45) is 5.92 Å². The lowest BCUT2D eigenvalue weighted by molar-refractivity contribution is -0.233. The normalized spacial score (nSPS) is 24.6. The van der Waals surface area contributed by atoms with Gasteiger partial charge in [-0.25, -0.2) is 9.59 Å². The first-order valence-electron chi connectivity index (χ1n) is 10.7. The molecule has 10 heteroatoms. The summed E-state index contributed by atoms with van der Waals surface area (Å²) in [5, 5.41) is 0. The third-order valence-corrected chi connectivity index (χ3v) is 6.44. The molecule has 3 unspecified atom stereocenters. The first kappa shape index (κ1) is 27.4. The van der Waals surface area contributed by atoms with Crippen LogP contribution in [0.25, 0.3) is 0 Å².